The van der Waals surface area contributed by atoms with Crippen LogP contribution in [0.2, 0.25) is 5.15 Å². The molecular weight excluding hydrogens is 364 g/mol. The Morgan fingerprint density at radius 2 is 2.04 bits per heavy atom. The van der Waals surface area contributed by atoms with Gasteiger partial charge >= 0.3 is 0 Å². The summed E-state index contributed by atoms with van der Waals surface area (Å²) in [4.78, 5) is 5.08. The maximum atomic E-state index is 6.51. The van der Waals surface area contributed by atoms with Crippen LogP contribution >= 0.6 is 11.6 Å². The molecule has 1 atom stereocenters. The van der Waals surface area contributed by atoms with Crippen molar-refractivity contribution in [2.75, 3.05) is 53.0 Å². The molecule has 6 nitrogen and oxygen atoms in total. The first-order valence-electron chi connectivity index (χ1n) is 10.3. The van der Waals surface area contributed by atoms with E-state index in [2.05, 4.69) is 21.8 Å². The zero-order chi connectivity index (χ0) is 19.2. The van der Waals surface area contributed by atoms with E-state index in [1.165, 1.54) is 38.8 Å². The number of aryl methyl sites for hydroxylation is 2. The van der Waals surface area contributed by atoms with Crippen LogP contribution in [0.25, 0.3) is 0 Å². The number of likely N-dealkylation sites (tertiary alicyclic amines) is 1. The molecule has 3 rings (SSSR count). The van der Waals surface area contributed by atoms with Crippen LogP contribution in [0.3, 0.4) is 0 Å². The Balaban J connectivity index is 1.58. The minimum atomic E-state index is 0.363. The molecule has 0 bridgehead atoms. The van der Waals surface area contributed by atoms with Gasteiger partial charge in [-0.05, 0) is 51.6 Å². The van der Waals surface area contributed by atoms with Gasteiger partial charge in [0.05, 0.1) is 18.4 Å². The fraction of sp³-hybridized carbons (Fsp3) is 0.850. The van der Waals surface area contributed by atoms with Gasteiger partial charge in [-0.2, -0.15) is 5.10 Å². The summed E-state index contributed by atoms with van der Waals surface area (Å²) in [5.74, 6) is 0.737. The summed E-state index contributed by atoms with van der Waals surface area (Å²) >= 11 is 6.51. The Kier molecular flexibility index (Phi) is 7.97. The number of piperidine rings is 1. The van der Waals surface area contributed by atoms with E-state index >= 15 is 0 Å². The van der Waals surface area contributed by atoms with Crippen LogP contribution in [-0.2, 0) is 23.1 Å². The normalized spacial score (nSPS) is 22.2. The van der Waals surface area contributed by atoms with Crippen LogP contribution in [0.1, 0.15) is 36.9 Å². The van der Waals surface area contributed by atoms with Crippen molar-refractivity contribution in [2.45, 2.75) is 45.3 Å². The molecule has 154 valence electrons. The second-order valence-corrected chi connectivity index (χ2v) is 8.44. The monoisotopic (exact) mass is 398 g/mol. The molecule has 1 aromatic rings. The standard InChI is InChI=1S/C20H35ClN4O2/c1-16-19(20(21)23(2)22-16)15-25(14-18-5-4-11-27-18)13-17-6-8-24(9-7-17)10-12-26-3/h17-18H,4-15H2,1-3H3. The summed E-state index contributed by atoms with van der Waals surface area (Å²) < 4.78 is 12.9. The first kappa shape index (κ1) is 21.1. The minimum absolute atomic E-state index is 0.363. The topological polar surface area (TPSA) is 42.8 Å². The minimum Gasteiger partial charge on any atom is -0.383 e. The van der Waals surface area contributed by atoms with E-state index in [9.17, 15) is 0 Å². The fourth-order valence-corrected chi connectivity index (χ4v) is 4.57. The average molecular weight is 399 g/mol. The van der Waals surface area contributed by atoms with Crippen molar-refractivity contribution in [3.05, 3.63) is 16.4 Å². The number of ether oxygens (including phenoxy) is 2. The molecular formula is C20H35ClN4O2. The van der Waals surface area contributed by atoms with Crippen molar-refractivity contribution in [1.82, 2.24) is 19.6 Å². The SMILES string of the molecule is COCCN1CCC(CN(Cc2c(C)nn(C)c2Cl)CC2CCCO2)CC1. The van der Waals surface area contributed by atoms with Crippen molar-refractivity contribution in [3.8, 4) is 0 Å². The largest absolute Gasteiger partial charge is 0.383 e. The number of nitrogens with zero attached hydrogens (tertiary/aromatic N) is 4. The lowest BCUT2D eigenvalue weighted by Crippen LogP contribution is -2.41. The van der Waals surface area contributed by atoms with E-state index in [-0.39, 0.29) is 0 Å². The van der Waals surface area contributed by atoms with Crippen LogP contribution < -0.4 is 0 Å². The maximum absolute atomic E-state index is 6.51. The van der Waals surface area contributed by atoms with E-state index in [1.807, 2.05) is 7.05 Å². The van der Waals surface area contributed by atoms with Gasteiger partial charge in [-0.25, -0.2) is 0 Å². The molecule has 1 unspecified atom stereocenters. The van der Waals surface area contributed by atoms with Crippen LogP contribution in [-0.4, -0.2) is 78.7 Å². The zero-order valence-electron chi connectivity index (χ0n) is 17.1. The maximum Gasteiger partial charge on any atom is 0.131 e. The van der Waals surface area contributed by atoms with Gasteiger partial charge in [-0.15, -0.1) is 0 Å². The third-order valence-corrected chi connectivity index (χ3v) is 6.45. The second kappa shape index (κ2) is 10.2. The van der Waals surface area contributed by atoms with Gasteiger partial charge in [-0.1, -0.05) is 11.6 Å². The summed E-state index contributed by atoms with van der Waals surface area (Å²) in [6, 6.07) is 0. The lowest BCUT2D eigenvalue weighted by Gasteiger charge is -2.35. The molecule has 0 N–H and O–H groups in total. The van der Waals surface area contributed by atoms with Gasteiger partial charge in [0.1, 0.15) is 5.15 Å². The van der Waals surface area contributed by atoms with Crippen LogP contribution in [0.5, 0.6) is 0 Å². The number of aromatic nitrogens is 2. The Bertz CT molecular complexity index is 581. The van der Waals surface area contributed by atoms with Crippen molar-refractivity contribution >= 4 is 11.6 Å². The van der Waals surface area contributed by atoms with Gasteiger partial charge in [0.25, 0.3) is 0 Å². The van der Waals surface area contributed by atoms with Gasteiger partial charge in [0.15, 0.2) is 0 Å². The van der Waals surface area contributed by atoms with Gasteiger partial charge in [0, 0.05) is 52.5 Å². The van der Waals surface area contributed by atoms with E-state index < -0.39 is 0 Å². The molecule has 0 spiro atoms. The third kappa shape index (κ3) is 5.91. The highest BCUT2D eigenvalue weighted by Crippen LogP contribution is 2.25. The molecule has 2 aliphatic rings. The lowest BCUT2D eigenvalue weighted by atomic mass is 9.95. The molecule has 0 aromatic carbocycles. The summed E-state index contributed by atoms with van der Waals surface area (Å²) in [6.07, 6.45) is 5.23. The predicted molar refractivity (Wildman–Crippen MR) is 108 cm³/mol. The molecule has 1 aromatic heterocycles. The number of rotatable bonds is 9. The number of methoxy groups -OCH3 is 1. The van der Waals surface area contributed by atoms with Crippen molar-refractivity contribution in [2.24, 2.45) is 13.0 Å². The zero-order valence-corrected chi connectivity index (χ0v) is 17.9. The highest BCUT2D eigenvalue weighted by atomic mass is 35.5. The molecule has 0 aliphatic carbocycles. The van der Waals surface area contributed by atoms with Crippen LogP contribution in [0.4, 0.5) is 0 Å². The molecule has 0 radical (unpaired) electrons. The first-order chi connectivity index (χ1) is 13.1. The Hall–Kier alpha value is -0.660. The predicted octanol–water partition coefficient (Wildman–Crippen LogP) is 2.72. The first-order valence-corrected chi connectivity index (χ1v) is 10.7. The number of halogens is 1. The smallest absolute Gasteiger partial charge is 0.131 e. The molecule has 3 heterocycles. The third-order valence-electron chi connectivity index (χ3n) is 5.97. The van der Waals surface area contributed by atoms with E-state index in [4.69, 9.17) is 21.1 Å². The molecule has 7 heteroatoms. The van der Waals surface area contributed by atoms with E-state index in [0.29, 0.717) is 6.10 Å². The highest BCUT2D eigenvalue weighted by Gasteiger charge is 2.26. The number of hydrogen-bond donors (Lipinski definition) is 0. The van der Waals surface area contributed by atoms with Gasteiger partial charge in [0.2, 0.25) is 0 Å². The second-order valence-electron chi connectivity index (χ2n) is 8.09. The molecule has 0 amide bonds. The molecule has 27 heavy (non-hydrogen) atoms. The molecule has 2 aliphatic heterocycles. The van der Waals surface area contributed by atoms with Crippen molar-refractivity contribution < 1.29 is 9.47 Å². The van der Waals surface area contributed by atoms with E-state index in [1.54, 1.807) is 11.8 Å². The van der Waals surface area contributed by atoms with Gasteiger partial charge < -0.3 is 14.4 Å². The Labute approximate surface area is 168 Å². The fourth-order valence-electron chi connectivity index (χ4n) is 4.34. The van der Waals surface area contributed by atoms with Crippen molar-refractivity contribution in [3.63, 3.8) is 0 Å². The highest BCUT2D eigenvalue weighted by molar-refractivity contribution is 6.30. The quantitative estimate of drug-likeness (QED) is 0.639. The molecule has 2 saturated heterocycles. The van der Waals surface area contributed by atoms with Crippen LogP contribution in [0, 0.1) is 12.8 Å². The van der Waals surface area contributed by atoms with E-state index in [0.717, 1.165) is 61.7 Å². The average Bonchev–Trinajstić information content (AvgIpc) is 3.25. The number of hydrogen-bond acceptors (Lipinski definition) is 5. The van der Waals surface area contributed by atoms with Gasteiger partial charge in [-0.3, -0.25) is 9.58 Å². The molecule has 2 fully saturated rings. The summed E-state index contributed by atoms with van der Waals surface area (Å²) in [5, 5.41) is 5.25. The molecule has 0 saturated carbocycles. The van der Waals surface area contributed by atoms with Crippen LogP contribution in [0.15, 0.2) is 0 Å². The summed E-state index contributed by atoms with van der Waals surface area (Å²) in [5.41, 5.74) is 2.20. The summed E-state index contributed by atoms with van der Waals surface area (Å²) in [7, 11) is 3.69. The van der Waals surface area contributed by atoms with Crippen molar-refractivity contribution in [1.29, 1.82) is 0 Å². The lowest BCUT2D eigenvalue weighted by molar-refractivity contribution is 0.0551. The Morgan fingerprint density at radius 1 is 1.26 bits per heavy atom. The summed E-state index contributed by atoms with van der Waals surface area (Å²) in [6.45, 7) is 10.2. The Morgan fingerprint density at radius 3 is 2.63 bits per heavy atom.